The number of aromatic nitrogens is 1. The van der Waals surface area contributed by atoms with Crippen LogP contribution in [0, 0.1) is 19.8 Å². The molecule has 0 aliphatic rings. The monoisotopic (exact) mass is 383 g/mol. The lowest BCUT2D eigenvalue weighted by molar-refractivity contribution is 0.144. The fourth-order valence-corrected chi connectivity index (χ4v) is 3.13. The summed E-state index contributed by atoms with van der Waals surface area (Å²) in [6.45, 7) is 11.2. The minimum Gasteiger partial charge on any atom is -0.450 e. The molecule has 2 rings (SSSR count). The van der Waals surface area contributed by atoms with Crippen molar-refractivity contribution in [3.8, 4) is 11.1 Å². The number of hydrogen-bond acceptors (Lipinski definition) is 4. The van der Waals surface area contributed by atoms with E-state index in [9.17, 15) is 4.79 Å². The third-order valence-corrected chi connectivity index (χ3v) is 4.69. The molecule has 0 aliphatic carbocycles. The van der Waals surface area contributed by atoms with Crippen molar-refractivity contribution < 1.29 is 9.53 Å². The summed E-state index contributed by atoms with van der Waals surface area (Å²) in [5, 5.41) is 2.88. The number of ether oxygens (including phenoxy) is 1. The first-order valence-corrected chi connectivity index (χ1v) is 10.1. The highest BCUT2D eigenvalue weighted by Crippen LogP contribution is 2.34. The highest BCUT2D eigenvalue weighted by Gasteiger charge is 2.19. The second-order valence-corrected chi connectivity index (χ2v) is 7.72. The van der Waals surface area contributed by atoms with Gasteiger partial charge >= 0.3 is 6.09 Å². The Morgan fingerprint density at radius 3 is 2.50 bits per heavy atom. The maximum atomic E-state index is 12.1. The van der Waals surface area contributed by atoms with E-state index < -0.39 is 6.09 Å². The van der Waals surface area contributed by atoms with E-state index >= 15 is 0 Å². The Kier molecular flexibility index (Phi) is 7.85. The number of benzene rings is 1. The van der Waals surface area contributed by atoms with E-state index in [1.165, 1.54) is 5.56 Å². The molecule has 0 radical (unpaired) electrons. The Morgan fingerprint density at radius 1 is 1.21 bits per heavy atom. The van der Waals surface area contributed by atoms with Gasteiger partial charge in [0, 0.05) is 23.4 Å². The Labute approximate surface area is 168 Å². The summed E-state index contributed by atoms with van der Waals surface area (Å²) < 4.78 is 5.24. The number of alkyl carbamates (subject to hydrolysis) is 1. The smallest absolute Gasteiger partial charge is 0.407 e. The minimum atomic E-state index is -0.405. The zero-order valence-electron chi connectivity index (χ0n) is 17.8. The third-order valence-electron chi connectivity index (χ3n) is 4.69. The van der Waals surface area contributed by atoms with Gasteiger partial charge in [-0.1, -0.05) is 57.0 Å². The molecule has 2 aromatic rings. The molecule has 0 aliphatic heterocycles. The van der Waals surface area contributed by atoms with Gasteiger partial charge in [0.05, 0.1) is 18.0 Å². The summed E-state index contributed by atoms with van der Waals surface area (Å²) >= 11 is 0. The van der Waals surface area contributed by atoms with E-state index in [-0.39, 0.29) is 0 Å². The molecule has 0 saturated carbocycles. The van der Waals surface area contributed by atoms with Crippen LogP contribution in [0.2, 0.25) is 0 Å². The zero-order valence-corrected chi connectivity index (χ0v) is 17.8. The van der Waals surface area contributed by atoms with Crippen molar-refractivity contribution in [2.45, 2.75) is 60.4 Å². The van der Waals surface area contributed by atoms with Gasteiger partial charge in [0.15, 0.2) is 0 Å². The number of amides is 1. The predicted molar refractivity (Wildman–Crippen MR) is 115 cm³/mol. The van der Waals surface area contributed by atoms with Crippen LogP contribution in [-0.4, -0.2) is 17.7 Å². The fourth-order valence-electron chi connectivity index (χ4n) is 3.13. The van der Waals surface area contributed by atoms with Crippen LogP contribution >= 0.6 is 0 Å². The van der Waals surface area contributed by atoms with E-state index in [1.54, 1.807) is 0 Å². The van der Waals surface area contributed by atoms with Crippen molar-refractivity contribution in [1.82, 2.24) is 10.3 Å². The number of unbranched alkanes of at least 4 members (excludes halogenated alkanes) is 1. The van der Waals surface area contributed by atoms with E-state index in [0.29, 0.717) is 24.8 Å². The molecule has 3 N–H and O–H groups in total. The first-order chi connectivity index (χ1) is 13.3. The minimum absolute atomic E-state index is 0.341. The molecule has 0 bridgehead atoms. The van der Waals surface area contributed by atoms with Crippen LogP contribution in [-0.2, 0) is 17.7 Å². The van der Waals surface area contributed by atoms with Crippen LogP contribution in [0.3, 0.4) is 0 Å². The Balaban J connectivity index is 2.42. The van der Waals surface area contributed by atoms with Crippen molar-refractivity contribution in [3.05, 3.63) is 46.8 Å². The summed E-state index contributed by atoms with van der Waals surface area (Å²) in [4.78, 5) is 16.8. The lowest BCUT2D eigenvalue weighted by Crippen LogP contribution is -2.26. The molecule has 0 atom stereocenters. The van der Waals surface area contributed by atoms with Gasteiger partial charge in [0.25, 0.3) is 0 Å². The van der Waals surface area contributed by atoms with Crippen LogP contribution < -0.4 is 11.1 Å². The molecule has 5 nitrogen and oxygen atoms in total. The molecule has 0 spiro atoms. The molecular formula is C23H33N3O2. The maximum Gasteiger partial charge on any atom is 0.407 e. The number of carbonyl (C=O) groups is 1. The van der Waals surface area contributed by atoms with Crippen molar-refractivity contribution in [2.24, 2.45) is 5.92 Å². The molecular weight excluding hydrogens is 350 g/mol. The normalized spacial score (nSPS) is 10.9. The number of anilines is 1. The van der Waals surface area contributed by atoms with Crippen molar-refractivity contribution >= 4 is 11.8 Å². The summed E-state index contributed by atoms with van der Waals surface area (Å²) in [7, 11) is 0. The summed E-state index contributed by atoms with van der Waals surface area (Å²) in [5.41, 5.74) is 13.1. The van der Waals surface area contributed by atoms with Crippen LogP contribution in [0.4, 0.5) is 10.5 Å². The van der Waals surface area contributed by atoms with Gasteiger partial charge in [-0.05, 0) is 38.2 Å². The lowest BCUT2D eigenvalue weighted by atomic mass is 9.92. The number of nitrogens with two attached hydrogens (primary N) is 1. The quantitative estimate of drug-likeness (QED) is 0.616. The van der Waals surface area contributed by atoms with Crippen molar-refractivity contribution in [1.29, 1.82) is 0 Å². The molecule has 0 unspecified atom stereocenters. The number of nitrogen functional groups attached to an aromatic ring is 1. The molecule has 5 heteroatoms. The number of rotatable bonds is 8. The van der Waals surface area contributed by atoms with Gasteiger partial charge in [-0.3, -0.25) is 4.98 Å². The molecule has 0 fully saturated rings. The number of nitrogens with zero attached hydrogens (tertiary/aromatic N) is 1. The van der Waals surface area contributed by atoms with Crippen LogP contribution in [0.5, 0.6) is 0 Å². The Bertz CT molecular complexity index is 798. The lowest BCUT2D eigenvalue weighted by Gasteiger charge is -2.20. The highest BCUT2D eigenvalue weighted by atomic mass is 16.5. The van der Waals surface area contributed by atoms with Crippen LogP contribution in [0.1, 0.15) is 56.1 Å². The molecule has 28 heavy (non-hydrogen) atoms. The van der Waals surface area contributed by atoms with Gasteiger partial charge in [-0.25, -0.2) is 4.79 Å². The molecule has 0 saturated heterocycles. The number of pyridine rings is 1. The molecule has 1 amide bonds. The number of hydrogen-bond donors (Lipinski definition) is 2. The SMILES string of the molecule is CCCCOC(=O)NCc1c(CC(C)C)nc(C)c(N)c1-c1ccc(C)cc1. The van der Waals surface area contributed by atoms with E-state index in [4.69, 9.17) is 15.5 Å². The van der Waals surface area contributed by atoms with Crippen LogP contribution in [0.25, 0.3) is 11.1 Å². The third kappa shape index (κ3) is 5.72. The Hall–Kier alpha value is -2.56. The summed E-state index contributed by atoms with van der Waals surface area (Å²) in [6, 6.07) is 8.29. The second kappa shape index (κ2) is 10.1. The van der Waals surface area contributed by atoms with Gasteiger partial charge in [0.2, 0.25) is 0 Å². The molecule has 1 aromatic heterocycles. The van der Waals surface area contributed by atoms with Gasteiger partial charge in [-0.15, -0.1) is 0 Å². The number of carbonyl (C=O) groups excluding carboxylic acids is 1. The predicted octanol–water partition coefficient (Wildman–Crippen LogP) is 5.17. The average molecular weight is 384 g/mol. The molecule has 152 valence electrons. The van der Waals surface area contributed by atoms with Gasteiger partial charge < -0.3 is 15.8 Å². The van der Waals surface area contributed by atoms with E-state index in [1.807, 2.05) is 6.92 Å². The van der Waals surface area contributed by atoms with Crippen molar-refractivity contribution in [3.63, 3.8) is 0 Å². The summed E-state index contributed by atoms with van der Waals surface area (Å²) in [6.07, 6.45) is 2.27. The number of aryl methyl sites for hydroxylation is 2. The van der Waals surface area contributed by atoms with Crippen molar-refractivity contribution in [2.75, 3.05) is 12.3 Å². The Morgan fingerprint density at radius 2 is 1.89 bits per heavy atom. The largest absolute Gasteiger partial charge is 0.450 e. The van der Waals surface area contributed by atoms with E-state index in [2.05, 4.69) is 57.3 Å². The van der Waals surface area contributed by atoms with Gasteiger partial charge in [-0.2, -0.15) is 0 Å². The fraction of sp³-hybridized carbons (Fsp3) is 0.478. The first-order valence-electron chi connectivity index (χ1n) is 10.1. The van der Waals surface area contributed by atoms with E-state index in [0.717, 1.165) is 47.3 Å². The molecule has 1 aromatic carbocycles. The topological polar surface area (TPSA) is 77.2 Å². The zero-order chi connectivity index (χ0) is 20.7. The van der Waals surface area contributed by atoms with Crippen LogP contribution in [0.15, 0.2) is 24.3 Å². The first kappa shape index (κ1) is 21.7. The number of nitrogens with one attached hydrogen (secondary N) is 1. The molecule has 1 heterocycles. The standard InChI is InChI=1S/C23H33N3O2/c1-6-7-12-28-23(27)25-14-19-20(13-15(2)3)26-17(5)22(24)21(19)18-10-8-16(4)9-11-18/h8-11,15H,6-7,12-14,24H2,1-5H3,(H,25,27). The summed E-state index contributed by atoms with van der Waals surface area (Å²) in [5.74, 6) is 0.441. The highest BCUT2D eigenvalue weighted by molar-refractivity contribution is 5.82. The maximum absolute atomic E-state index is 12.1. The average Bonchev–Trinajstić information content (AvgIpc) is 2.64. The second-order valence-electron chi connectivity index (χ2n) is 7.72. The van der Waals surface area contributed by atoms with Gasteiger partial charge in [0.1, 0.15) is 0 Å².